The third-order valence-electron chi connectivity index (χ3n) is 17.2. The summed E-state index contributed by atoms with van der Waals surface area (Å²) in [7, 11) is 0. The molecule has 2 atom stereocenters. The first kappa shape index (κ1) is 47.7. The number of rotatable bonds is 4. The maximum atomic E-state index is 14.6. The minimum Gasteiger partial charge on any atom is -0.449 e. The van der Waals surface area contributed by atoms with Crippen LogP contribution in [0, 0.1) is 39.5 Å². The van der Waals surface area contributed by atoms with Crippen molar-refractivity contribution in [1.82, 2.24) is 9.13 Å². The molecule has 0 spiro atoms. The van der Waals surface area contributed by atoms with E-state index in [0.717, 1.165) is 44.5 Å². The summed E-state index contributed by atoms with van der Waals surface area (Å²) >= 11 is 0. The molecule has 0 amide bonds. The van der Waals surface area contributed by atoms with Crippen LogP contribution in [-0.2, 0) is 21.8 Å². The predicted molar refractivity (Wildman–Crippen MR) is 303 cm³/mol. The van der Waals surface area contributed by atoms with Crippen molar-refractivity contribution in [3.63, 3.8) is 0 Å². The summed E-state index contributed by atoms with van der Waals surface area (Å²) in [5.41, 5.74) is 14.5. The molecule has 0 radical (unpaired) electrons. The zero-order valence-corrected chi connectivity index (χ0v) is 45.6. The van der Waals surface area contributed by atoms with E-state index in [-0.39, 0.29) is 49.9 Å². The third kappa shape index (κ3) is 6.04. The molecule has 7 aromatic carbocycles. The smallest absolute Gasteiger partial charge is 0.266 e. The zero-order chi connectivity index (χ0) is 53.8. The van der Waals surface area contributed by atoms with Gasteiger partial charge in [-0.3, -0.25) is 23.7 Å². The molecule has 76 heavy (non-hydrogen) atoms. The quantitative estimate of drug-likeness (QED) is 0.159. The van der Waals surface area contributed by atoms with E-state index in [1.165, 1.54) is 37.0 Å². The van der Waals surface area contributed by atoms with Gasteiger partial charge in [0.25, 0.3) is 22.2 Å². The van der Waals surface area contributed by atoms with Crippen LogP contribution in [0.2, 0.25) is 0 Å². The maximum absolute atomic E-state index is 14.6. The van der Waals surface area contributed by atoms with E-state index in [1.807, 2.05) is 34.6 Å². The van der Waals surface area contributed by atoms with Gasteiger partial charge in [0.1, 0.15) is 0 Å². The predicted octanol–water partition coefficient (Wildman–Crippen LogP) is 14.6. The van der Waals surface area contributed by atoms with Crippen LogP contribution in [0.15, 0.2) is 134 Å². The number of benzene rings is 7. The molecule has 3 aliphatic rings. The highest BCUT2D eigenvalue weighted by Crippen LogP contribution is 2.67. The summed E-state index contributed by atoms with van der Waals surface area (Å²) in [4.78, 5) is 56.6. The first-order valence-corrected chi connectivity index (χ1v) is 26.4. The van der Waals surface area contributed by atoms with Crippen LogP contribution in [0.1, 0.15) is 130 Å². The van der Waals surface area contributed by atoms with Crippen molar-refractivity contribution in [3.8, 4) is 16.8 Å². The lowest BCUT2D eigenvalue weighted by molar-refractivity contribution is 0.325. The highest BCUT2D eigenvalue weighted by atomic mass is 16.4. The maximum Gasteiger partial charge on any atom is 0.266 e. The average molecular weight is 1010 g/mol. The minimum absolute atomic E-state index is 0.00213. The van der Waals surface area contributed by atoms with Crippen molar-refractivity contribution in [2.45, 2.75) is 119 Å². The fourth-order valence-corrected chi connectivity index (χ4v) is 14.5. The van der Waals surface area contributed by atoms with Gasteiger partial charge in [-0.05, 0) is 199 Å². The Morgan fingerprint density at radius 2 is 0.711 bits per heavy atom. The molecule has 2 bridgehead atoms. The number of hydrogen-bond acceptors (Lipinski definition) is 8. The Labute approximate surface area is 438 Å². The van der Waals surface area contributed by atoms with E-state index in [4.69, 9.17) is 17.7 Å². The van der Waals surface area contributed by atoms with E-state index in [9.17, 15) is 19.2 Å². The molecule has 2 unspecified atom stereocenters. The molecule has 0 N–H and O–H groups in total. The molecule has 14 rings (SSSR count). The largest absolute Gasteiger partial charge is 0.449 e. The summed E-state index contributed by atoms with van der Waals surface area (Å²) in [6, 6.07) is 32.3. The van der Waals surface area contributed by atoms with Crippen LogP contribution in [0.25, 0.3) is 83.0 Å². The zero-order valence-electron chi connectivity index (χ0n) is 45.6. The Hall–Kier alpha value is -7.98. The Morgan fingerprint density at radius 3 is 1.01 bits per heavy atom. The molecular formula is C66H60N2O8. The third-order valence-corrected chi connectivity index (χ3v) is 17.2. The van der Waals surface area contributed by atoms with Crippen LogP contribution < -0.4 is 22.2 Å². The highest BCUT2D eigenvalue weighted by Gasteiger charge is 2.61. The molecule has 10 heteroatoms. The molecule has 11 aromatic rings. The molecule has 382 valence electrons. The lowest BCUT2D eigenvalue weighted by atomic mass is 9.42. The Balaban J connectivity index is 1.01. The molecule has 0 saturated heterocycles. The Bertz CT molecular complexity index is 4440. The van der Waals surface area contributed by atoms with Crippen molar-refractivity contribution in [2.75, 3.05) is 0 Å². The van der Waals surface area contributed by atoms with Crippen molar-refractivity contribution in [2.24, 2.45) is 11.8 Å². The van der Waals surface area contributed by atoms with Crippen molar-refractivity contribution < 1.29 is 17.7 Å². The van der Waals surface area contributed by atoms with Gasteiger partial charge in [0.05, 0.1) is 27.2 Å². The summed E-state index contributed by atoms with van der Waals surface area (Å²) in [6.07, 6.45) is 0. The van der Waals surface area contributed by atoms with E-state index in [2.05, 4.69) is 135 Å². The lowest BCUT2D eigenvalue weighted by Gasteiger charge is -2.59. The van der Waals surface area contributed by atoms with Gasteiger partial charge in [0.2, 0.25) is 0 Å². The summed E-state index contributed by atoms with van der Waals surface area (Å²) in [5.74, 6) is -0.00425. The van der Waals surface area contributed by atoms with Gasteiger partial charge in [-0.1, -0.05) is 84.9 Å². The normalized spacial score (nSPS) is 17.4. The first-order valence-electron chi connectivity index (χ1n) is 26.4. The second kappa shape index (κ2) is 15.3. The van der Waals surface area contributed by atoms with Crippen LogP contribution in [-0.4, -0.2) is 9.13 Å². The lowest BCUT2D eigenvalue weighted by Crippen LogP contribution is -2.55. The number of aromatic nitrogens is 2. The summed E-state index contributed by atoms with van der Waals surface area (Å²) in [6.45, 7) is 29.4. The van der Waals surface area contributed by atoms with Gasteiger partial charge >= 0.3 is 0 Å². The molecule has 0 saturated carbocycles. The molecule has 10 nitrogen and oxygen atoms in total. The number of aryl methyl sites for hydroxylation is 4. The van der Waals surface area contributed by atoms with Gasteiger partial charge in [-0.2, -0.15) is 0 Å². The van der Waals surface area contributed by atoms with Gasteiger partial charge in [0, 0.05) is 16.4 Å². The molecular weight excluding hydrogens is 949 g/mol. The molecule has 3 aliphatic carbocycles. The second-order valence-electron chi connectivity index (χ2n) is 24.5. The van der Waals surface area contributed by atoms with Gasteiger partial charge in [0.15, 0.2) is 44.7 Å². The van der Waals surface area contributed by atoms with Crippen molar-refractivity contribution in [3.05, 3.63) is 200 Å². The van der Waals surface area contributed by atoms with Crippen LogP contribution >= 0.6 is 0 Å². The van der Waals surface area contributed by atoms with Gasteiger partial charge < -0.3 is 17.7 Å². The fraction of sp³-hybridized carbons (Fsp3) is 0.303. The minimum atomic E-state index is -0.720. The number of nitrogens with zero attached hydrogens (tertiary/aromatic N) is 2. The Morgan fingerprint density at radius 1 is 0.408 bits per heavy atom. The van der Waals surface area contributed by atoms with Crippen molar-refractivity contribution >= 4 is 66.2 Å². The summed E-state index contributed by atoms with van der Waals surface area (Å²) < 4.78 is 29.8. The number of hydrogen-bond donors (Lipinski definition) is 0. The Kier molecular flexibility index (Phi) is 9.63. The van der Waals surface area contributed by atoms with E-state index in [1.54, 1.807) is 24.3 Å². The molecule has 0 fully saturated rings. The number of fused-ring (bicyclic) bond motifs is 6. The van der Waals surface area contributed by atoms with Gasteiger partial charge in [-0.25, -0.2) is 4.57 Å². The second-order valence-corrected chi connectivity index (χ2v) is 24.5. The molecule has 4 aromatic heterocycles. The van der Waals surface area contributed by atoms with Crippen LogP contribution in [0.5, 0.6) is 0 Å². The first-order chi connectivity index (χ1) is 35.9. The van der Waals surface area contributed by atoms with E-state index >= 15 is 0 Å². The standard InChI is InChI=1S/C66H60N2O8/c1-31(2)65-43-17-15-16-18-44(43)66(32(3)4,48-30-56-55(29-47(48)65)75-51-25-41-42(26-52(51)76-56)62(72)68(61(41)71)64(12,13)14)46-28-54-53(27-45(46)65)73-49-23-39-40(24-50(49)74-54)60(70)67(59(39)69)58-35(7)21-38(22-36(58)8)37-19-33(5)57(34(6)20-37)63(9,10)11/h15-32H,1-14H3. The van der Waals surface area contributed by atoms with Gasteiger partial charge in [-0.15, -0.1) is 0 Å². The van der Waals surface area contributed by atoms with E-state index in [0.29, 0.717) is 50.4 Å². The van der Waals surface area contributed by atoms with E-state index < -0.39 is 27.5 Å². The molecule has 0 aliphatic heterocycles. The van der Waals surface area contributed by atoms with Crippen LogP contribution in [0.3, 0.4) is 0 Å². The molecule has 4 heterocycles. The topological polar surface area (TPSA) is 131 Å². The highest BCUT2D eigenvalue weighted by molar-refractivity contribution is 5.97. The fourth-order valence-electron chi connectivity index (χ4n) is 14.5. The van der Waals surface area contributed by atoms with Crippen LogP contribution in [0.4, 0.5) is 0 Å². The van der Waals surface area contributed by atoms with Crippen molar-refractivity contribution in [1.29, 1.82) is 0 Å². The monoisotopic (exact) mass is 1010 g/mol. The average Bonchev–Trinajstić information content (AvgIpc) is 3.45. The SMILES string of the molecule is Cc1cc(-c2cc(C)c(C(C)(C)C)c(C)c2)cc(C)c1-n1c(=O)c2cc3oc4cc5c(cc4oc3cc2c1=O)C1(C(C)C)c2ccccc2C5(C(C)C)c2cc3oc4cc5c(=O)n(C(C)(C)C)c(=O)c5cc4oc3cc21. The summed E-state index contributed by atoms with van der Waals surface area (Å²) in [5, 5.41) is 1.07.